The van der Waals surface area contributed by atoms with E-state index in [1.807, 2.05) is 13.8 Å². The number of rotatable bonds is 8. The standard InChI is InChI=1S/C20H18F2N2O3S2/c1-4-9-24-18(26)16-11(2)12(3)29-17(16)23-20(24)28-10-15(25)13-5-7-14(8-6-13)27-19(21)22/h4-8,19H,1,9-10H2,2-3H3. The van der Waals surface area contributed by atoms with Gasteiger partial charge in [0, 0.05) is 17.0 Å². The molecule has 0 saturated heterocycles. The monoisotopic (exact) mass is 436 g/mol. The Hall–Kier alpha value is -2.52. The molecular weight excluding hydrogens is 418 g/mol. The molecule has 0 atom stereocenters. The van der Waals surface area contributed by atoms with Crippen LogP contribution in [-0.4, -0.2) is 27.7 Å². The molecule has 1 aromatic carbocycles. The molecule has 0 spiro atoms. The maximum atomic E-state index is 12.9. The van der Waals surface area contributed by atoms with Crippen molar-refractivity contribution in [2.24, 2.45) is 0 Å². The molecule has 0 N–H and O–H groups in total. The number of ketones is 1. The molecule has 0 fully saturated rings. The third kappa shape index (κ3) is 4.56. The van der Waals surface area contributed by atoms with E-state index in [2.05, 4.69) is 16.3 Å². The number of halogens is 2. The first-order valence-electron chi connectivity index (χ1n) is 8.64. The molecule has 0 amide bonds. The first-order valence-corrected chi connectivity index (χ1v) is 10.4. The van der Waals surface area contributed by atoms with Crippen LogP contribution in [0.5, 0.6) is 5.75 Å². The van der Waals surface area contributed by atoms with Crippen LogP contribution in [-0.2, 0) is 6.54 Å². The van der Waals surface area contributed by atoms with E-state index in [0.717, 1.165) is 22.2 Å². The van der Waals surface area contributed by atoms with Crippen molar-refractivity contribution in [3.05, 3.63) is 63.3 Å². The summed E-state index contributed by atoms with van der Waals surface area (Å²) in [5.41, 5.74) is 1.12. The average molecular weight is 437 g/mol. The lowest BCUT2D eigenvalue weighted by Gasteiger charge is -2.10. The highest BCUT2D eigenvalue weighted by Crippen LogP contribution is 2.28. The van der Waals surface area contributed by atoms with Crippen molar-refractivity contribution < 1.29 is 18.3 Å². The summed E-state index contributed by atoms with van der Waals surface area (Å²) in [6.45, 7) is 4.89. The first-order chi connectivity index (χ1) is 13.8. The van der Waals surface area contributed by atoms with Crippen LogP contribution in [0.2, 0.25) is 0 Å². The molecule has 0 aliphatic carbocycles. The predicted molar refractivity (Wildman–Crippen MR) is 112 cm³/mol. The number of hydrogen-bond acceptors (Lipinski definition) is 6. The fraction of sp³-hybridized carbons (Fsp3) is 0.250. The molecular formula is C20H18F2N2O3S2. The zero-order chi connectivity index (χ0) is 21.1. The molecule has 0 radical (unpaired) electrons. The van der Waals surface area contributed by atoms with Crippen LogP contribution in [0.15, 0.2) is 46.9 Å². The highest BCUT2D eigenvalue weighted by Gasteiger charge is 2.17. The smallest absolute Gasteiger partial charge is 0.387 e. The molecule has 152 valence electrons. The van der Waals surface area contributed by atoms with Crippen LogP contribution < -0.4 is 10.3 Å². The summed E-state index contributed by atoms with van der Waals surface area (Å²) in [5, 5.41) is 1.04. The van der Waals surface area contributed by atoms with Crippen molar-refractivity contribution in [2.75, 3.05) is 5.75 Å². The van der Waals surface area contributed by atoms with E-state index in [9.17, 15) is 18.4 Å². The molecule has 5 nitrogen and oxygen atoms in total. The lowest BCUT2D eigenvalue weighted by atomic mass is 10.1. The zero-order valence-corrected chi connectivity index (χ0v) is 17.4. The van der Waals surface area contributed by atoms with E-state index in [0.29, 0.717) is 20.9 Å². The lowest BCUT2D eigenvalue weighted by Crippen LogP contribution is -2.23. The van der Waals surface area contributed by atoms with Gasteiger partial charge in [0.2, 0.25) is 0 Å². The quantitative estimate of drug-likeness (QED) is 0.219. The second kappa shape index (κ2) is 8.87. The van der Waals surface area contributed by atoms with Crippen molar-refractivity contribution in [2.45, 2.75) is 32.2 Å². The summed E-state index contributed by atoms with van der Waals surface area (Å²) in [6, 6.07) is 5.50. The number of alkyl halides is 2. The number of thioether (sulfide) groups is 1. The number of ether oxygens (including phenoxy) is 1. The van der Waals surface area contributed by atoms with Crippen LogP contribution >= 0.6 is 23.1 Å². The van der Waals surface area contributed by atoms with Crippen LogP contribution in [0.4, 0.5) is 8.78 Å². The van der Waals surface area contributed by atoms with Crippen LogP contribution in [0.25, 0.3) is 10.2 Å². The molecule has 0 bridgehead atoms. The van der Waals surface area contributed by atoms with Gasteiger partial charge in [-0.2, -0.15) is 8.78 Å². The van der Waals surface area contributed by atoms with Gasteiger partial charge in [-0.25, -0.2) is 4.98 Å². The number of carbonyl (C=O) groups is 1. The topological polar surface area (TPSA) is 61.2 Å². The number of carbonyl (C=O) groups excluding carboxylic acids is 1. The molecule has 29 heavy (non-hydrogen) atoms. The Labute approximate surface area is 174 Å². The number of aromatic nitrogens is 2. The highest BCUT2D eigenvalue weighted by molar-refractivity contribution is 7.99. The van der Waals surface area contributed by atoms with E-state index in [1.54, 1.807) is 6.08 Å². The summed E-state index contributed by atoms with van der Waals surface area (Å²) in [6.07, 6.45) is 1.61. The number of hydrogen-bond donors (Lipinski definition) is 0. The summed E-state index contributed by atoms with van der Waals surface area (Å²) in [4.78, 5) is 31.7. The molecule has 0 aliphatic heterocycles. The summed E-state index contributed by atoms with van der Waals surface area (Å²) < 4.78 is 30.2. The van der Waals surface area contributed by atoms with Crippen molar-refractivity contribution >= 4 is 39.1 Å². The molecule has 0 saturated carbocycles. The number of benzene rings is 1. The molecule has 2 aromatic heterocycles. The Bertz CT molecular complexity index is 1120. The minimum absolute atomic E-state index is 0.0143. The summed E-state index contributed by atoms with van der Waals surface area (Å²) >= 11 is 2.61. The minimum Gasteiger partial charge on any atom is -0.435 e. The van der Waals surface area contributed by atoms with Gasteiger partial charge in [-0.05, 0) is 43.7 Å². The van der Waals surface area contributed by atoms with E-state index in [-0.39, 0.29) is 29.4 Å². The van der Waals surface area contributed by atoms with Gasteiger partial charge in [-0.15, -0.1) is 17.9 Å². The van der Waals surface area contributed by atoms with E-state index in [4.69, 9.17) is 0 Å². The molecule has 3 rings (SSSR count). The van der Waals surface area contributed by atoms with Gasteiger partial charge in [0.1, 0.15) is 10.6 Å². The van der Waals surface area contributed by atoms with Gasteiger partial charge in [0.25, 0.3) is 5.56 Å². The predicted octanol–water partition coefficient (Wildman–Crippen LogP) is 4.84. The third-order valence-corrected chi connectivity index (χ3v) is 6.38. The normalized spacial score (nSPS) is 11.2. The Morgan fingerprint density at radius 1 is 1.34 bits per heavy atom. The fourth-order valence-corrected chi connectivity index (χ4v) is 4.72. The first kappa shape index (κ1) is 21.2. The van der Waals surface area contributed by atoms with E-state index < -0.39 is 6.61 Å². The van der Waals surface area contributed by atoms with Gasteiger partial charge in [0.05, 0.1) is 11.1 Å². The zero-order valence-electron chi connectivity index (χ0n) is 15.8. The number of nitrogens with zero attached hydrogens (tertiary/aromatic N) is 2. The van der Waals surface area contributed by atoms with Crippen LogP contribution in [0.3, 0.4) is 0 Å². The maximum absolute atomic E-state index is 12.9. The second-order valence-corrected chi connectivity index (χ2v) is 8.32. The van der Waals surface area contributed by atoms with Gasteiger partial charge >= 0.3 is 6.61 Å². The molecule has 3 aromatic rings. The number of fused-ring (bicyclic) bond motifs is 1. The summed E-state index contributed by atoms with van der Waals surface area (Å²) in [7, 11) is 0. The van der Waals surface area contributed by atoms with Crippen molar-refractivity contribution in [3.8, 4) is 5.75 Å². The van der Waals surface area contributed by atoms with Crippen molar-refractivity contribution in [1.29, 1.82) is 0 Å². The number of aryl methyl sites for hydroxylation is 2. The Morgan fingerprint density at radius 2 is 2.03 bits per heavy atom. The lowest BCUT2D eigenvalue weighted by molar-refractivity contribution is -0.0498. The molecule has 9 heteroatoms. The molecule has 0 unspecified atom stereocenters. The Kier molecular flexibility index (Phi) is 6.49. The third-order valence-electron chi connectivity index (χ3n) is 4.30. The van der Waals surface area contributed by atoms with Gasteiger partial charge in [-0.3, -0.25) is 14.2 Å². The Morgan fingerprint density at radius 3 is 2.66 bits per heavy atom. The van der Waals surface area contributed by atoms with Crippen molar-refractivity contribution in [3.63, 3.8) is 0 Å². The van der Waals surface area contributed by atoms with E-state index in [1.165, 1.54) is 40.2 Å². The second-order valence-electron chi connectivity index (χ2n) is 6.18. The van der Waals surface area contributed by atoms with Gasteiger partial charge < -0.3 is 4.74 Å². The minimum atomic E-state index is -2.92. The summed E-state index contributed by atoms with van der Waals surface area (Å²) in [5.74, 6) is -0.177. The fourth-order valence-electron chi connectivity index (χ4n) is 2.74. The molecule has 0 aliphatic rings. The number of thiophene rings is 1. The Balaban J connectivity index is 1.84. The van der Waals surface area contributed by atoms with Gasteiger partial charge in [-0.1, -0.05) is 17.8 Å². The van der Waals surface area contributed by atoms with Gasteiger partial charge in [0.15, 0.2) is 10.9 Å². The largest absolute Gasteiger partial charge is 0.435 e. The van der Waals surface area contributed by atoms with Crippen LogP contribution in [0.1, 0.15) is 20.8 Å². The van der Waals surface area contributed by atoms with Crippen molar-refractivity contribution in [1.82, 2.24) is 9.55 Å². The number of allylic oxidation sites excluding steroid dienone is 1. The average Bonchev–Trinajstić information content (AvgIpc) is 2.96. The molecule has 2 heterocycles. The van der Waals surface area contributed by atoms with E-state index >= 15 is 0 Å². The maximum Gasteiger partial charge on any atom is 0.387 e. The van der Waals surface area contributed by atoms with Crippen LogP contribution in [0, 0.1) is 13.8 Å². The number of Topliss-reactive ketones (excluding diaryl/α,β-unsaturated/α-hetero) is 1. The SMILES string of the molecule is C=CCn1c(SCC(=O)c2ccc(OC(F)F)cc2)nc2sc(C)c(C)c2c1=O. The highest BCUT2D eigenvalue weighted by atomic mass is 32.2.